The van der Waals surface area contributed by atoms with E-state index in [1.165, 1.54) is 0 Å². The molecule has 1 aliphatic rings. The van der Waals surface area contributed by atoms with Crippen molar-refractivity contribution in [3.05, 3.63) is 0 Å². The maximum Gasteiger partial charge on any atom is 0.309 e. The lowest BCUT2D eigenvalue weighted by Gasteiger charge is -2.20. The number of esters is 1. The van der Waals surface area contributed by atoms with Crippen molar-refractivity contribution in [3.8, 4) is 0 Å². The summed E-state index contributed by atoms with van der Waals surface area (Å²) in [6.45, 7) is 8.60. The summed E-state index contributed by atoms with van der Waals surface area (Å²) in [5.41, 5.74) is 0. The molecule has 16 heavy (non-hydrogen) atoms. The molecular weight excluding hydrogens is 206 g/mol. The predicted molar refractivity (Wildman–Crippen MR) is 62.0 cm³/mol. The predicted octanol–water partition coefficient (Wildman–Crippen LogP) is 0.888. The maximum absolute atomic E-state index is 11.4. The Morgan fingerprint density at radius 3 is 2.75 bits per heavy atom. The van der Waals surface area contributed by atoms with E-state index in [-0.39, 0.29) is 18.0 Å². The number of aliphatic hydroxyl groups is 1. The van der Waals surface area contributed by atoms with Crippen molar-refractivity contribution in [1.29, 1.82) is 0 Å². The number of ether oxygens (including phenoxy) is 1. The van der Waals surface area contributed by atoms with Gasteiger partial charge in [0.1, 0.15) is 0 Å². The van der Waals surface area contributed by atoms with Crippen molar-refractivity contribution in [3.63, 3.8) is 0 Å². The van der Waals surface area contributed by atoms with Gasteiger partial charge in [-0.3, -0.25) is 4.79 Å². The molecule has 4 nitrogen and oxygen atoms in total. The van der Waals surface area contributed by atoms with Crippen LogP contribution in [0, 0.1) is 11.8 Å². The zero-order valence-electron chi connectivity index (χ0n) is 10.5. The molecule has 0 aromatic rings. The van der Waals surface area contributed by atoms with E-state index in [2.05, 4.69) is 4.90 Å². The Kier molecular flexibility index (Phi) is 5.22. The zero-order chi connectivity index (χ0) is 12.1. The Hall–Kier alpha value is -0.610. The van der Waals surface area contributed by atoms with Crippen molar-refractivity contribution in [2.24, 2.45) is 11.8 Å². The Morgan fingerprint density at radius 2 is 2.25 bits per heavy atom. The Balaban J connectivity index is 2.31. The number of rotatable bonds is 5. The summed E-state index contributed by atoms with van der Waals surface area (Å²) in [6, 6.07) is 0. The number of carbonyl (C=O) groups is 1. The summed E-state index contributed by atoms with van der Waals surface area (Å²) in [5, 5.41) is 9.48. The van der Waals surface area contributed by atoms with Gasteiger partial charge in [-0.2, -0.15) is 0 Å². The Labute approximate surface area is 97.6 Å². The van der Waals surface area contributed by atoms with Crippen LogP contribution in [0.3, 0.4) is 0 Å². The summed E-state index contributed by atoms with van der Waals surface area (Å²) < 4.78 is 4.97. The summed E-state index contributed by atoms with van der Waals surface area (Å²) >= 11 is 0. The molecule has 0 saturated carbocycles. The van der Waals surface area contributed by atoms with Gasteiger partial charge in [0.05, 0.1) is 18.6 Å². The third-order valence-electron chi connectivity index (χ3n) is 3.21. The largest absolute Gasteiger partial charge is 0.466 e. The highest BCUT2D eigenvalue weighted by molar-refractivity contribution is 5.72. The highest BCUT2D eigenvalue weighted by atomic mass is 16.5. The molecule has 1 saturated heterocycles. The van der Waals surface area contributed by atoms with E-state index in [0.29, 0.717) is 12.5 Å². The van der Waals surface area contributed by atoms with Crippen LogP contribution >= 0.6 is 0 Å². The molecule has 0 aromatic heterocycles. The van der Waals surface area contributed by atoms with Crippen LogP contribution in [0.1, 0.15) is 27.2 Å². The van der Waals surface area contributed by atoms with Gasteiger partial charge in [-0.1, -0.05) is 6.92 Å². The lowest BCUT2D eigenvalue weighted by molar-refractivity contribution is -0.147. The first kappa shape index (κ1) is 13.5. The van der Waals surface area contributed by atoms with Gasteiger partial charge in [-0.25, -0.2) is 0 Å². The fraction of sp³-hybridized carbons (Fsp3) is 0.917. The van der Waals surface area contributed by atoms with Crippen molar-refractivity contribution in [2.75, 3.05) is 26.2 Å². The van der Waals surface area contributed by atoms with E-state index in [1.54, 1.807) is 0 Å². The highest BCUT2D eigenvalue weighted by Gasteiger charge is 2.28. The third kappa shape index (κ3) is 3.76. The molecule has 1 heterocycles. The van der Waals surface area contributed by atoms with Crippen LogP contribution in [-0.2, 0) is 9.53 Å². The number of likely N-dealkylation sites (tertiary alicyclic amines) is 1. The Morgan fingerprint density at radius 1 is 1.56 bits per heavy atom. The van der Waals surface area contributed by atoms with E-state index in [4.69, 9.17) is 4.74 Å². The van der Waals surface area contributed by atoms with Gasteiger partial charge in [-0.05, 0) is 32.7 Å². The van der Waals surface area contributed by atoms with Crippen LogP contribution in [0.2, 0.25) is 0 Å². The molecule has 94 valence electrons. The van der Waals surface area contributed by atoms with Gasteiger partial charge < -0.3 is 14.7 Å². The van der Waals surface area contributed by atoms with Gasteiger partial charge in [0.2, 0.25) is 0 Å². The van der Waals surface area contributed by atoms with E-state index in [9.17, 15) is 9.90 Å². The second kappa shape index (κ2) is 6.21. The van der Waals surface area contributed by atoms with Crippen molar-refractivity contribution in [1.82, 2.24) is 4.90 Å². The van der Waals surface area contributed by atoms with Crippen molar-refractivity contribution >= 4 is 5.97 Å². The zero-order valence-corrected chi connectivity index (χ0v) is 10.5. The minimum absolute atomic E-state index is 0.0762. The first-order valence-corrected chi connectivity index (χ1v) is 6.11. The summed E-state index contributed by atoms with van der Waals surface area (Å²) in [7, 11) is 0. The van der Waals surface area contributed by atoms with Crippen molar-refractivity contribution in [2.45, 2.75) is 33.3 Å². The number of carbonyl (C=O) groups excluding carboxylic acids is 1. The number of hydrogen-bond acceptors (Lipinski definition) is 4. The molecular formula is C12H23NO3. The minimum atomic E-state index is -0.247. The van der Waals surface area contributed by atoms with Gasteiger partial charge >= 0.3 is 5.97 Å². The topological polar surface area (TPSA) is 49.8 Å². The Bertz CT molecular complexity index is 230. The van der Waals surface area contributed by atoms with Crippen LogP contribution in [0.4, 0.5) is 0 Å². The molecule has 3 unspecified atom stereocenters. The van der Waals surface area contributed by atoms with Crippen LogP contribution in [0.15, 0.2) is 0 Å². The molecule has 0 aliphatic carbocycles. The molecule has 0 radical (unpaired) electrons. The lowest BCUT2D eigenvalue weighted by Crippen LogP contribution is -2.32. The molecule has 1 fully saturated rings. The summed E-state index contributed by atoms with van der Waals surface area (Å²) in [6.07, 6.45) is 0.774. The highest BCUT2D eigenvalue weighted by Crippen LogP contribution is 2.20. The second-order valence-corrected chi connectivity index (χ2v) is 4.70. The smallest absolute Gasteiger partial charge is 0.309 e. The molecule has 0 spiro atoms. The number of nitrogens with zero attached hydrogens (tertiary/aromatic N) is 1. The van der Waals surface area contributed by atoms with E-state index in [0.717, 1.165) is 26.1 Å². The molecule has 0 amide bonds. The molecule has 0 aromatic carbocycles. The summed E-state index contributed by atoms with van der Waals surface area (Å²) in [4.78, 5) is 13.7. The molecule has 4 heteroatoms. The normalized spacial score (nSPS) is 25.4. The van der Waals surface area contributed by atoms with E-state index >= 15 is 0 Å². The minimum Gasteiger partial charge on any atom is -0.466 e. The standard InChI is InChI=1S/C12H23NO3/c1-4-16-12(15)9(2)7-13-6-5-11(8-13)10(3)14/h9-11,14H,4-8H2,1-3H3. The summed E-state index contributed by atoms with van der Waals surface area (Å²) in [5.74, 6) is 0.157. The van der Waals surface area contributed by atoms with Gasteiger partial charge in [0.15, 0.2) is 0 Å². The fourth-order valence-corrected chi connectivity index (χ4v) is 2.17. The first-order chi connectivity index (χ1) is 7.54. The number of hydrogen-bond donors (Lipinski definition) is 1. The van der Waals surface area contributed by atoms with Crippen LogP contribution in [-0.4, -0.2) is 48.3 Å². The molecule has 1 N–H and O–H groups in total. The van der Waals surface area contributed by atoms with Gasteiger partial charge in [-0.15, -0.1) is 0 Å². The average Bonchev–Trinajstić information content (AvgIpc) is 2.66. The van der Waals surface area contributed by atoms with Crippen LogP contribution in [0.25, 0.3) is 0 Å². The average molecular weight is 229 g/mol. The lowest BCUT2D eigenvalue weighted by atomic mass is 10.0. The van der Waals surface area contributed by atoms with Crippen LogP contribution < -0.4 is 0 Å². The molecule has 1 rings (SSSR count). The fourth-order valence-electron chi connectivity index (χ4n) is 2.17. The quantitative estimate of drug-likeness (QED) is 0.711. The molecule has 0 bridgehead atoms. The maximum atomic E-state index is 11.4. The first-order valence-electron chi connectivity index (χ1n) is 6.11. The molecule has 1 aliphatic heterocycles. The van der Waals surface area contributed by atoms with Gasteiger partial charge in [0.25, 0.3) is 0 Å². The number of aliphatic hydroxyl groups excluding tert-OH is 1. The van der Waals surface area contributed by atoms with E-state index < -0.39 is 0 Å². The van der Waals surface area contributed by atoms with Gasteiger partial charge in [0, 0.05) is 13.1 Å². The monoisotopic (exact) mass is 229 g/mol. The molecule has 3 atom stereocenters. The van der Waals surface area contributed by atoms with Crippen molar-refractivity contribution < 1.29 is 14.6 Å². The van der Waals surface area contributed by atoms with E-state index in [1.807, 2.05) is 20.8 Å². The second-order valence-electron chi connectivity index (χ2n) is 4.70. The third-order valence-corrected chi connectivity index (χ3v) is 3.21. The van der Waals surface area contributed by atoms with Crippen LogP contribution in [0.5, 0.6) is 0 Å². The SMILES string of the molecule is CCOC(=O)C(C)CN1CCC(C(C)O)C1.